The van der Waals surface area contributed by atoms with Crippen molar-refractivity contribution in [3.05, 3.63) is 35.4 Å². The fraction of sp³-hybridized carbons (Fsp3) is 0.611. The molecule has 1 saturated heterocycles. The Morgan fingerprint density at radius 1 is 1.23 bits per heavy atom. The second kappa shape index (κ2) is 9.45. The van der Waals surface area contributed by atoms with Crippen molar-refractivity contribution in [2.45, 2.75) is 70.5 Å². The van der Waals surface area contributed by atoms with E-state index >= 15 is 0 Å². The minimum absolute atomic E-state index is 0.0749. The van der Waals surface area contributed by atoms with Gasteiger partial charge in [0, 0.05) is 18.6 Å². The molecule has 7 nitrogen and oxygen atoms in total. The SMILES string of the molecule is CCCC1CC(C(=O)NCc2ccccc2CS(=O)(=O)NC(C)C)NN1. The summed E-state index contributed by atoms with van der Waals surface area (Å²) in [4.78, 5) is 12.4. The standard InChI is InChI=1S/C18H30N4O3S/c1-4-7-16-10-17(21-20-16)18(23)19-11-14-8-5-6-9-15(14)12-26(24,25)22-13(2)3/h5-6,8-9,13,16-17,20-22H,4,7,10-12H2,1-3H3,(H,19,23). The molecule has 0 aromatic heterocycles. The second-order valence-electron chi connectivity index (χ2n) is 7.08. The van der Waals surface area contributed by atoms with E-state index in [1.807, 2.05) is 18.2 Å². The molecule has 4 N–H and O–H groups in total. The summed E-state index contributed by atoms with van der Waals surface area (Å²) in [6.07, 6.45) is 2.86. The Hall–Kier alpha value is -1.48. The summed E-state index contributed by atoms with van der Waals surface area (Å²) in [7, 11) is -3.41. The van der Waals surface area contributed by atoms with E-state index in [1.165, 1.54) is 0 Å². The summed E-state index contributed by atoms with van der Waals surface area (Å²) in [6, 6.07) is 7.20. The lowest BCUT2D eigenvalue weighted by Gasteiger charge is -2.15. The highest BCUT2D eigenvalue weighted by Crippen LogP contribution is 2.14. The van der Waals surface area contributed by atoms with Crippen LogP contribution in [-0.2, 0) is 27.1 Å². The maximum atomic E-state index is 12.4. The summed E-state index contributed by atoms with van der Waals surface area (Å²) < 4.78 is 27.0. The maximum absolute atomic E-state index is 12.4. The first kappa shape index (κ1) is 20.8. The van der Waals surface area contributed by atoms with Crippen LogP contribution in [0.5, 0.6) is 0 Å². The third-order valence-corrected chi connectivity index (χ3v) is 5.79. The zero-order valence-electron chi connectivity index (χ0n) is 15.7. The van der Waals surface area contributed by atoms with Crippen molar-refractivity contribution < 1.29 is 13.2 Å². The van der Waals surface area contributed by atoms with Crippen molar-refractivity contribution >= 4 is 15.9 Å². The molecule has 1 heterocycles. The third-order valence-electron chi connectivity index (χ3n) is 4.27. The average Bonchev–Trinajstić information content (AvgIpc) is 3.01. The van der Waals surface area contributed by atoms with E-state index in [4.69, 9.17) is 0 Å². The molecule has 0 spiro atoms. The molecule has 0 bridgehead atoms. The van der Waals surface area contributed by atoms with Crippen LogP contribution in [0.15, 0.2) is 24.3 Å². The number of hydrazine groups is 1. The highest BCUT2D eigenvalue weighted by Gasteiger charge is 2.28. The Morgan fingerprint density at radius 2 is 1.92 bits per heavy atom. The number of carbonyl (C=O) groups excluding carboxylic acids is 1. The van der Waals surface area contributed by atoms with Crippen molar-refractivity contribution in [2.75, 3.05) is 0 Å². The van der Waals surface area contributed by atoms with Crippen LogP contribution < -0.4 is 20.9 Å². The number of amides is 1. The zero-order chi connectivity index (χ0) is 19.2. The third kappa shape index (κ3) is 6.35. The molecule has 8 heteroatoms. The van der Waals surface area contributed by atoms with Gasteiger partial charge < -0.3 is 5.32 Å². The molecule has 0 aliphatic carbocycles. The summed E-state index contributed by atoms with van der Waals surface area (Å²) in [6.45, 7) is 6.01. The first-order chi connectivity index (χ1) is 12.3. The van der Waals surface area contributed by atoms with Gasteiger partial charge in [0.25, 0.3) is 0 Å². The minimum atomic E-state index is -3.41. The summed E-state index contributed by atoms with van der Waals surface area (Å²) in [5, 5.41) is 2.91. The number of hydrogen-bond acceptors (Lipinski definition) is 5. The molecule has 1 aromatic rings. The minimum Gasteiger partial charge on any atom is -0.351 e. The van der Waals surface area contributed by atoms with Gasteiger partial charge >= 0.3 is 0 Å². The number of carbonyl (C=O) groups is 1. The number of sulfonamides is 1. The van der Waals surface area contributed by atoms with Crippen molar-refractivity contribution in [1.29, 1.82) is 0 Å². The molecule has 2 rings (SSSR count). The van der Waals surface area contributed by atoms with Crippen molar-refractivity contribution in [3.8, 4) is 0 Å². The second-order valence-corrected chi connectivity index (χ2v) is 8.83. The number of hydrogen-bond donors (Lipinski definition) is 4. The molecule has 1 aliphatic rings. The van der Waals surface area contributed by atoms with Crippen LogP contribution in [0.4, 0.5) is 0 Å². The molecule has 1 fully saturated rings. The normalized spacial score (nSPS) is 20.5. The first-order valence-corrected chi connectivity index (χ1v) is 10.8. The quantitative estimate of drug-likeness (QED) is 0.514. The van der Waals surface area contributed by atoms with Gasteiger partial charge in [-0.15, -0.1) is 0 Å². The largest absolute Gasteiger partial charge is 0.351 e. The zero-order valence-corrected chi connectivity index (χ0v) is 16.5. The molecule has 2 atom stereocenters. The number of nitrogens with one attached hydrogen (secondary N) is 4. The van der Waals surface area contributed by atoms with E-state index in [9.17, 15) is 13.2 Å². The van der Waals surface area contributed by atoms with Gasteiger partial charge in [-0.25, -0.2) is 18.6 Å². The van der Waals surface area contributed by atoms with Gasteiger partial charge in [0.1, 0.15) is 6.04 Å². The van der Waals surface area contributed by atoms with E-state index in [2.05, 4.69) is 27.8 Å². The molecule has 2 unspecified atom stereocenters. The average molecular weight is 383 g/mol. The monoisotopic (exact) mass is 382 g/mol. The molecule has 0 radical (unpaired) electrons. The van der Waals surface area contributed by atoms with E-state index in [0.717, 1.165) is 24.8 Å². The lowest BCUT2D eigenvalue weighted by Crippen LogP contribution is -2.43. The van der Waals surface area contributed by atoms with Gasteiger partial charge in [0.2, 0.25) is 15.9 Å². The number of rotatable bonds is 9. The predicted molar refractivity (Wildman–Crippen MR) is 103 cm³/mol. The van der Waals surface area contributed by atoms with E-state index in [0.29, 0.717) is 18.2 Å². The van der Waals surface area contributed by atoms with Crippen LogP contribution >= 0.6 is 0 Å². The topological polar surface area (TPSA) is 99.3 Å². The lowest BCUT2D eigenvalue weighted by atomic mass is 10.1. The van der Waals surface area contributed by atoms with Gasteiger partial charge in [-0.2, -0.15) is 0 Å². The first-order valence-electron chi connectivity index (χ1n) is 9.16. The predicted octanol–water partition coefficient (Wildman–Crippen LogP) is 1.17. The molecule has 1 aliphatic heterocycles. The highest BCUT2D eigenvalue weighted by atomic mass is 32.2. The van der Waals surface area contributed by atoms with E-state index < -0.39 is 10.0 Å². The van der Waals surface area contributed by atoms with E-state index in [-0.39, 0.29) is 23.7 Å². The molecular weight excluding hydrogens is 352 g/mol. The summed E-state index contributed by atoms with van der Waals surface area (Å²) in [5.74, 6) is -0.173. The molecule has 1 aromatic carbocycles. The molecule has 1 amide bonds. The van der Waals surface area contributed by atoms with Gasteiger partial charge in [-0.05, 0) is 37.8 Å². The number of benzene rings is 1. The van der Waals surface area contributed by atoms with Crippen LogP contribution in [0, 0.1) is 0 Å². The van der Waals surface area contributed by atoms with Gasteiger partial charge in [0.05, 0.1) is 5.75 Å². The Morgan fingerprint density at radius 3 is 2.58 bits per heavy atom. The Balaban J connectivity index is 1.95. The Bertz CT molecular complexity index is 706. The molecule has 146 valence electrons. The van der Waals surface area contributed by atoms with Crippen LogP contribution in [-0.4, -0.2) is 32.5 Å². The van der Waals surface area contributed by atoms with Crippen molar-refractivity contribution in [2.24, 2.45) is 0 Å². The van der Waals surface area contributed by atoms with Gasteiger partial charge in [-0.3, -0.25) is 10.2 Å². The summed E-state index contributed by atoms with van der Waals surface area (Å²) in [5.41, 5.74) is 7.69. The fourth-order valence-electron chi connectivity index (χ4n) is 3.11. The highest BCUT2D eigenvalue weighted by molar-refractivity contribution is 7.88. The van der Waals surface area contributed by atoms with Crippen LogP contribution in [0.1, 0.15) is 51.2 Å². The van der Waals surface area contributed by atoms with Crippen LogP contribution in [0.25, 0.3) is 0 Å². The lowest BCUT2D eigenvalue weighted by molar-refractivity contribution is -0.123. The van der Waals surface area contributed by atoms with Crippen LogP contribution in [0.3, 0.4) is 0 Å². The summed E-state index contributed by atoms with van der Waals surface area (Å²) >= 11 is 0. The van der Waals surface area contributed by atoms with Crippen LogP contribution in [0.2, 0.25) is 0 Å². The van der Waals surface area contributed by atoms with Crippen molar-refractivity contribution in [3.63, 3.8) is 0 Å². The molecular formula is C18H30N4O3S. The fourth-order valence-corrected chi connectivity index (χ4v) is 4.61. The maximum Gasteiger partial charge on any atom is 0.238 e. The van der Waals surface area contributed by atoms with Gasteiger partial charge in [-0.1, -0.05) is 37.6 Å². The van der Waals surface area contributed by atoms with Gasteiger partial charge in [0.15, 0.2) is 0 Å². The Labute approximate surface area is 156 Å². The smallest absolute Gasteiger partial charge is 0.238 e. The Kier molecular flexibility index (Phi) is 7.57. The van der Waals surface area contributed by atoms with E-state index in [1.54, 1.807) is 19.9 Å². The van der Waals surface area contributed by atoms with Crippen molar-refractivity contribution in [1.82, 2.24) is 20.9 Å². The molecule has 26 heavy (non-hydrogen) atoms. The molecule has 0 saturated carbocycles.